The maximum Gasteiger partial charge on any atom is 0.258 e. The molecule has 0 radical (unpaired) electrons. The Labute approximate surface area is 153 Å². The number of hydrogen-bond acceptors (Lipinski definition) is 4. The van der Waals surface area contributed by atoms with E-state index in [0.29, 0.717) is 12.3 Å². The lowest BCUT2D eigenvalue weighted by Crippen LogP contribution is -2.28. The van der Waals surface area contributed by atoms with Crippen LogP contribution < -0.4 is 10.1 Å². The van der Waals surface area contributed by atoms with Crippen molar-refractivity contribution in [3.8, 4) is 17.0 Å². The van der Waals surface area contributed by atoms with E-state index in [1.165, 1.54) is 11.9 Å². The summed E-state index contributed by atoms with van der Waals surface area (Å²) in [6.45, 7) is 4.36. The summed E-state index contributed by atoms with van der Waals surface area (Å²) in [5, 5.41) is 2.82. The van der Waals surface area contributed by atoms with Gasteiger partial charge < -0.3 is 10.1 Å². The van der Waals surface area contributed by atoms with Gasteiger partial charge in [0.25, 0.3) is 5.91 Å². The first-order chi connectivity index (χ1) is 12.6. The fourth-order valence-corrected chi connectivity index (χ4v) is 2.45. The van der Waals surface area contributed by atoms with Crippen LogP contribution in [-0.4, -0.2) is 22.5 Å². The molecule has 1 aromatic heterocycles. The number of benzene rings is 2. The Balaban J connectivity index is 1.54. The van der Waals surface area contributed by atoms with Crippen LogP contribution in [0.15, 0.2) is 60.9 Å². The Bertz CT molecular complexity index is 895. The van der Waals surface area contributed by atoms with Crippen molar-refractivity contribution in [1.29, 1.82) is 0 Å². The SMILES string of the molecule is Cc1ccc(OCC(=O)NCc2cc(-c3ccccc3)ncn2)cc1C. The molecule has 0 atom stereocenters. The van der Waals surface area contributed by atoms with Gasteiger partial charge in [-0.2, -0.15) is 0 Å². The van der Waals surface area contributed by atoms with Crippen molar-refractivity contribution >= 4 is 5.91 Å². The molecule has 0 unspecified atom stereocenters. The number of nitrogens with zero attached hydrogens (tertiary/aromatic N) is 2. The van der Waals surface area contributed by atoms with Crippen LogP contribution in [0.4, 0.5) is 0 Å². The average Bonchev–Trinajstić information content (AvgIpc) is 2.68. The molecule has 0 fully saturated rings. The lowest BCUT2D eigenvalue weighted by atomic mass is 10.1. The Morgan fingerprint density at radius 3 is 2.58 bits per heavy atom. The molecule has 3 rings (SSSR count). The summed E-state index contributed by atoms with van der Waals surface area (Å²) in [5.74, 6) is 0.500. The number of amides is 1. The minimum absolute atomic E-state index is 0.0286. The van der Waals surface area contributed by atoms with Crippen molar-refractivity contribution in [3.63, 3.8) is 0 Å². The van der Waals surface area contributed by atoms with Gasteiger partial charge in [-0.1, -0.05) is 36.4 Å². The molecule has 0 saturated heterocycles. The van der Waals surface area contributed by atoms with E-state index < -0.39 is 0 Å². The zero-order valence-electron chi connectivity index (χ0n) is 14.9. The molecule has 0 spiro atoms. The highest BCUT2D eigenvalue weighted by Crippen LogP contribution is 2.17. The lowest BCUT2D eigenvalue weighted by molar-refractivity contribution is -0.123. The second kappa shape index (κ2) is 8.25. The Kier molecular flexibility index (Phi) is 5.59. The standard InChI is InChI=1S/C21H21N3O2/c1-15-8-9-19(10-16(15)2)26-13-21(25)22-12-18-11-20(24-14-23-18)17-6-4-3-5-7-17/h3-11,14H,12-13H2,1-2H3,(H,22,25). The fraction of sp³-hybridized carbons (Fsp3) is 0.190. The number of hydrogen-bond donors (Lipinski definition) is 1. The normalized spacial score (nSPS) is 10.4. The maximum absolute atomic E-state index is 12.0. The number of aromatic nitrogens is 2. The van der Waals surface area contributed by atoms with E-state index in [9.17, 15) is 4.79 Å². The molecule has 1 amide bonds. The monoisotopic (exact) mass is 347 g/mol. The van der Waals surface area contributed by atoms with Crippen LogP contribution in [-0.2, 0) is 11.3 Å². The number of ether oxygens (including phenoxy) is 1. The average molecular weight is 347 g/mol. The third-order valence-corrected chi connectivity index (χ3v) is 4.11. The number of rotatable bonds is 6. The quantitative estimate of drug-likeness (QED) is 0.742. The summed E-state index contributed by atoms with van der Waals surface area (Å²) in [6.07, 6.45) is 1.51. The van der Waals surface area contributed by atoms with E-state index in [0.717, 1.165) is 22.5 Å². The van der Waals surface area contributed by atoms with Gasteiger partial charge in [-0.25, -0.2) is 9.97 Å². The highest BCUT2D eigenvalue weighted by molar-refractivity contribution is 5.77. The summed E-state index contributed by atoms with van der Waals surface area (Å²) in [6, 6.07) is 17.5. The molecule has 2 aromatic carbocycles. The van der Waals surface area contributed by atoms with Crippen LogP contribution in [0.2, 0.25) is 0 Å². The van der Waals surface area contributed by atoms with E-state index in [2.05, 4.69) is 15.3 Å². The zero-order chi connectivity index (χ0) is 18.4. The summed E-state index contributed by atoms with van der Waals surface area (Å²) in [4.78, 5) is 20.5. The zero-order valence-corrected chi connectivity index (χ0v) is 14.9. The third kappa shape index (κ3) is 4.66. The highest BCUT2D eigenvalue weighted by Gasteiger charge is 2.06. The molecule has 1 heterocycles. The summed E-state index contributed by atoms with van der Waals surface area (Å²) < 4.78 is 5.54. The van der Waals surface area contributed by atoms with Gasteiger partial charge in [0.05, 0.1) is 17.9 Å². The van der Waals surface area contributed by atoms with Crippen molar-refractivity contribution in [1.82, 2.24) is 15.3 Å². The van der Waals surface area contributed by atoms with Crippen LogP contribution in [0.5, 0.6) is 5.75 Å². The van der Waals surface area contributed by atoms with Gasteiger partial charge in [0.2, 0.25) is 0 Å². The van der Waals surface area contributed by atoms with Gasteiger partial charge in [0.1, 0.15) is 12.1 Å². The minimum Gasteiger partial charge on any atom is -0.484 e. The van der Waals surface area contributed by atoms with Crippen LogP contribution in [0.1, 0.15) is 16.8 Å². The Morgan fingerprint density at radius 2 is 1.81 bits per heavy atom. The largest absolute Gasteiger partial charge is 0.484 e. The van der Waals surface area contributed by atoms with Crippen molar-refractivity contribution in [2.75, 3.05) is 6.61 Å². The molecule has 3 aromatic rings. The maximum atomic E-state index is 12.0. The third-order valence-electron chi connectivity index (χ3n) is 4.11. The van der Waals surface area contributed by atoms with E-state index in [1.807, 2.05) is 68.4 Å². The second-order valence-corrected chi connectivity index (χ2v) is 6.07. The van der Waals surface area contributed by atoms with Gasteiger partial charge in [-0.15, -0.1) is 0 Å². The molecule has 0 aliphatic heterocycles. The first-order valence-electron chi connectivity index (χ1n) is 8.45. The summed E-state index contributed by atoms with van der Waals surface area (Å²) in [5.41, 5.74) is 4.92. The molecule has 0 aliphatic carbocycles. The smallest absolute Gasteiger partial charge is 0.258 e. The van der Waals surface area contributed by atoms with E-state index in [4.69, 9.17) is 4.74 Å². The molecular formula is C21H21N3O2. The molecule has 0 aliphatic rings. The number of carbonyl (C=O) groups excluding carboxylic acids is 1. The summed E-state index contributed by atoms with van der Waals surface area (Å²) >= 11 is 0. The molecular weight excluding hydrogens is 326 g/mol. The minimum atomic E-state index is -0.192. The summed E-state index contributed by atoms with van der Waals surface area (Å²) in [7, 11) is 0. The molecule has 5 heteroatoms. The molecule has 0 bridgehead atoms. The van der Waals surface area contributed by atoms with Gasteiger partial charge in [-0.3, -0.25) is 4.79 Å². The fourth-order valence-electron chi connectivity index (χ4n) is 2.45. The van der Waals surface area contributed by atoms with Crippen LogP contribution in [0, 0.1) is 13.8 Å². The van der Waals surface area contributed by atoms with E-state index in [-0.39, 0.29) is 12.5 Å². The number of carbonyl (C=O) groups is 1. The molecule has 1 N–H and O–H groups in total. The van der Waals surface area contributed by atoms with Crippen molar-refractivity contribution in [2.24, 2.45) is 0 Å². The van der Waals surface area contributed by atoms with E-state index in [1.54, 1.807) is 0 Å². The van der Waals surface area contributed by atoms with Crippen LogP contribution in [0.3, 0.4) is 0 Å². The predicted octanol–water partition coefficient (Wildman–Crippen LogP) is 3.46. The van der Waals surface area contributed by atoms with Crippen molar-refractivity contribution in [3.05, 3.63) is 77.7 Å². The van der Waals surface area contributed by atoms with Crippen LogP contribution in [0.25, 0.3) is 11.3 Å². The molecule has 132 valence electrons. The first-order valence-corrected chi connectivity index (χ1v) is 8.45. The van der Waals surface area contributed by atoms with Gasteiger partial charge in [-0.05, 0) is 43.2 Å². The van der Waals surface area contributed by atoms with Gasteiger partial charge >= 0.3 is 0 Å². The topological polar surface area (TPSA) is 64.1 Å². The Morgan fingerprint density at radius 1 is 1.00 bits per heavy atom. The van der Waals surface area contributed by atoms with Gasteiger partial charge in [0.15, 0.2) is 6.61 Å². The van der Waals surface area contributed by atoms with Gasteiger partial charge in [0, 0.05) is 5.56 Å². The van der Waals surface area contributed by atoms with Crippen molar-refractivity contribution in [2.45, 2.75) is 20.4 Å². The van der Waals surface area contributed by atoms with Crippen molar-refractivity contribution < 1.29 is 9.53 Å². The number of nitrogens with one attached hydrogen (secondary N) is 1. The molecule has 0 saturated carbocycles. The second-order valence-electron chi connectivity index (χ2n) is 6.07. The van der Waals surface area contributed by atoms with Crippen LogP contribution >= 0.6 is 0 Å². The first kappa shape index (κ1) is 17.6. The predicted molar refractivity (Wildman–Crippen MR) is 101 cm³/mol. The Hall–Kier alpha value is -3.21. The lowest BCUT2D eigenvalue weighted by Gasteiger charge is -2.09. The van der Waals surface area contributed by atoms with E-state index >= 15 is 0 Å². The number of aryl methyl sites for hydroxylation is 2. The molecule has 5 nitrogen and oxygen atoms in total. The molecule has 26 heavy (non-hydrogen) atoms. The highest BCUT2D eigenvalue weighted by atomic mass is 16.5.